The fraction of sp³-hybridized carbons (Fsp3) is 0.235. The molecule has 4 rings (SSSR count). The summed E-state index contributed by atoms with van der Waals surface area (Å²) < 4.78 is 6.04. The van der Waals surface area contributed by atoms with Crippen molar-refractivity contribution in [3.63, 3.8) is 0 Å². The lowest BCUT2D eigenvalue weighted by molar-refractivity contribution is 0.309. The van der Waals surface area contributed by atoms with Crippen LogP contribution in [0.2, 0.25) is 0 Å². The molecule has 21 heavy (non-hydrogen) atoms. The molecule has 0 saturated carbocycles. The standard InChI is InChI=1S/C17H17N3O/c1-2-5-12(6-3-1)11-21-15-8-4-7-14-16(15)17(20-19-14)13-9-18-10-13/h1-8,13,18H,9-11H2,(H,19,20). The zero-order valence-corrected chi connectivity index (χ0v) is 11.7. The lowest BCUT2D eigenvalue weighted by atomic mass is 9.96. The molecule has 4 heteroatoms. The summed E-state index contributed by atoms with van der Waals surface area (Å²) in [6.45, 7) is 2.59. The van der Waals surface area contributed by atoms with Gasteiger partial charge in [0.15, 0.2) is 0 Å². The monoisotopic (exact) mass is 279 g/mol. The van der Waals surface area contributed by atoms with Gasteiger partial charge in [-0.05, 0) is 17.7 Å². The molecule has 1 aliphatic heterocycles. The van der Waals surface area contributed by atoms with Gasteiger partial charge in [-0.15, -0.1) is 0 Å². The first-order chi connectivity index (χ1) is 10.4. The first-order valence-corrected chi connectivity index (χ1v) is 7.26. The van der Waals surface area contributed by atoms with Gasteiger partial charge in [0.1, 0.15) is 12.4 Å². The minimum atomic E-state index is 0.511. The van der Waals surface area contributed by atoms with Gasteiger partial charge in [0.2, 0.25) is 0 Å². The number of hydrogen-bond acceptors (Lipinski definition) is 3. The smallest absolute Gasteiger partial charge is 0.131 e. The first kappa shape index (κ1) is 12.4. The molecule has 0 bridgehead atoms. The number of aromatic amines is 1. The number of fused-ring (bicyclic) bond motifs is 1. The summed E-state index contributed by atoms with van der Waals surface area (Å²) in [6.07, 6.45) is 0. The number of nitrogens with one attached hydrogen (secondary N) is 2. The van der Waals surface area contributed by atoms with Crippen molar-refractivity contribution in [3.05, 3.63) is 59.8 Å². The molecule has 0 unspecified atom stereocenters. The summed E-state index contributed by atoms with van der Waals surface area (Å²) in [5.41, 5.74) is 3.33. The van der Waals surface area contributed by atoms with Gasteiger partial charge in [-0.1, -0.05) is 36.4 Å². The maximum absolute atomic E-state index is 6.04. The number of hydrogen-bond donors (Lipinski definition) is 2. The summed E-state index contributed by atoms with van der Waals surface area (Å²) >= 11 is 0. The van der Waals surface area contributed by atoms with E-state index in [4.69, 9.17) is 4.74 Å². The third-order valence-electron chi connectivity index (χ3n) is 4.00. The van der Waals surface area contributed by atoms with Gasteiger partial charge in [-0.3, -0.25) is 5.10 Å². The van der Waals surface area contributed by atoms with Gasteiger partial charge in [-0.25, -0.2) is 0 Å². The molecule has 106 valence electrons. The number of ether oxygens (including phenoxy) is 1. The molecule has 1 fully saturated rings. The second kappa shape index (κ2) is 5.22. The van der Waals surface area contributed by atoms with Crippen molar-refractivity contribution in [1.82, 2.24) is 15.5 Å². The normalized spacial score (nSPS) is 15.0. The lowest BCUT2D eigenvalue weighted by Crippen LogP contribution is -2.40. The summed E-state index contributed by atoms with van der Waals surface area (Å²) in [5.74, 6) is 1.42. The Hall–Kier alpha value is -2.33. The first-order valence-electron chi connectivity index (χ1n) is 7.26. The van der Waals surface area contributed by atoms with Crippen molar-refractivity contribution < 1.29 is 4.74 Å². The Kier molecular flexibility index (Phi) is 3.09. The number of rotatable bonds is 4. The Morgan fingerprint density at radius 3 is 2.67 bits per heavy atom. The molecule has 4 nitrogen and oxygen atoms in total. The lowest BCUT2D eigenvalue weighted by Gasteiger charge is -2.26. The van der Waals surface area contributed by atoms with Gasteiger partial charge < -0.3 is 10.1 Å². The van der Waals surface area contributed by atoms with Crippen LogP contribution in [0.4, 0.5) is 0 Å². The maximum atomic E-state index is 6.04. The molecule has 0 radical (unpaired) electrons. The highest BCUT2D eigenvalue weighted by molar-refractivity contribution is 5.88. The van der Waals surface area contributed by atoms with Crippen LogP contribution in [0.1, 0.15) is 17.2 Å². The molecule has 0 aliphatic carbocycles. The molecule has 1 aliphatic rings. The van der Waals surface area contributed by atoms with E-state index in [1.54, 1.807) is 0 Å². The molecule has 0 atom stereocenters. The predicted octanol–water partition coefficient (Wildman–Crippen LogP) is 2.83. The summed E-state index contributed by atoms with van der Waals surface area (Å²) in [7, 11) is 0. The molecule has 1 aromatic heterocycles. The van der Waals surface area contributed by atoms with Crippen molar-refractivity contribution in [2.45, 2.75) is 12.5 Å². The average molecular weight is 279 g/mol. The van der Waals surface area contributed by atoms with Crippen LogP contribution < -0.4 is 10.1 Å². The van der Waals surface area contributed by atoms with Crippen molar-refractivity contribution in [2.24, 2.45) is 0 Å². The fourth-order valence-corrected chi connectivity index (χ4v) is 2.70. The van der Waals surface area contributed by atoms with Crippen molar-refractivity contribution in [1.29, 1.82) is 0 Å². The second-order valence-corrected chi connectivity index (χ2v) is 5.42. The number of benzene rings is 2. The minimum Gasteiger partial charge on any atom is -0.488 e. The molecule has 3 aromatic rings. The van der Waals surface area contributed by atoms with Crippen LogP contribution in [0.5, 0.6) is 5.75 Å². The third-order valence-corrected chi connectivity index (χ3v) is 4.00. The van der Waals surface area contributed by atoms with E-state index in [0.717, 1.165) is 29.7 Å². The number of aromatic nitrogens is 2. The van der Waals surface area contributed by atoms with Gasteiger partial charge in [0.25, 0.3) is 0 Å². The molecular weight excluding hydrogens is 262 g/mol. The molecular formula is C17H17N3O. The Labute approximate surface area is 123 Å². The molecule has 1 saturated heterocycles. The topological polar surface area (TPSA) is 49.9 Å². The third kappa shape index (κ3) is 2.28. The molecule has 2 aromatic carbocycles. The Morgan fingerprint density at radius 2 is 1.90 bits per heavy atom. The van der Waals surface area contributed by atoms with Crippen LogP contribution in [-0.4, -0.2) is 23.3 Å². The number of nitrogens with zero attached hydrogens (tertiary/aromatic N) is 1. The van der Waals surface area contributed by atoms with E-state index < -0.39 is 0 Å². The zero-order chi connectivity index (χ0) is 14.1. The fourth-order valence-electron chi connectivity index (χ4n) is 2.70. The van der Waals surface area contributed by atoms with Gasteiger partial charge in [-0.2, -0.15) is 5.10 Å². The Morgan fingerprint density at radius 1 is 1.05 bits per heavy atom. The molecule has 0 spiro atoms. The summed E-state index contributed by atoms with van der Waals surface area (Å²) in [5, 5.41) is 12.0. The highest BCUT2D eigenvalue weighted by Gasteiger charge is 2.24. The average Bonchev–Trinajstić information content (AvgIpc) is 2.89. The molecule has 2 N–H and O–H groups in total. The van der Waals surface area contributed by atoms with E-state index in [2.05, 4.69) is 27.6 Å². The van der Waals surface area contributed by atoms with Crippen molar-refractivity contribution >= 4 is 10.9 Å². The van der Waals surface area contributed by atoms with Crippen LogP contribution in [0.15, 0.2) is 48.5 Å². The van der Waals surface area contributed by atoms with Crippen molar-refractivity contribution in [3.8, 4) is 5.75 Å². The quantitative estimate of drug-likeness (QED) is 0.772. The van der Waals surface area contributed by atoms with Gasteiger partial charge >= 0.3 is 0 Å². The van der Waals surface area contributed by atoms with E-state index in [-0.39, 0.29) is 0 Å². The summed E-state index contributed by atoms with van der Waals surface area (Å²) in [4.78, 5) is 0. The highest BCUT2D eigenvalue weighted by Crippen LogP contribution is 2.33. The number of H-pyrrole nitrogens is 1. The van der Waals surface area contributed by atoms with Crippen LogP contribution >= 0.6 is 0 Å². The van der Waals surface area contributed by atoms with Crippen molar-refractivity contribution in [2.75, 3.05) is 13.1 Å². The second-order valence-electron chi connectivity index (χ2n) is 5.42. The van der Waals surface area contributed by atoms with E-state index in [1.807, 2.05) is 36.4 Å². The SMILES string of the molecule is c1ccc(COc2cccc3n[nH]c(C4CNC4)c23)cc1. The molecule has 0 amide bonds. The van der Waals surface area contributed by atoms with E-state index in [0.29, 0.717) is 12.5 Å². The van der Waals surface area contributed by atoms with Gasteiger partial charge in [0.05, 0.1) is 16.6 Å². The predicted molar refractivity (Wildman–Crippen MR) is 82.5 cm³/mol. The maximum Gasteiger partial charge on any atom is 0.131 e. The van der Waals surface area contributed by atoms with Crippen LogP contribution in [0.3, 0.4) is 0 Å². The van der Waals surface area contributed by atoms with Crippen LogP contribution in [0, 0.1) is 0 Å². The van der Waals surface area contributed by atoms with E-state index in [1.165, 1.54) is 11.3 Å². The van der Waals surface area contributed by atoms with E-state index in [9.17, 15) is 0 Å². The van der Waals surface area contributed by atoms with Gasteiger partial charge in [0, 0.05) is 19.0 Å². The minimum absolute atomic E-state index is 0.511. The van der Waals surface area contributed by atoms with Crippen LogP contribution in [-0.2, 0) is 6.61 Å². The van der Waals surface area contributed by atoms with E-state index >= 15 is 0 Å². The van der Waals surface area contributed by atoms with Crippen LogP contribution in [0.25, 0.3) is 10.9 Å². The largest absolute Gasteiger partial charge is 0.488 e. The zero-order valence-electron chi connectivity index (χ0n) is 11.7. The summed E-state index contributed by atoms with van der Waals surface area (Å²) in [6, 6.07) is 16.3. The Balaban J connectivity index is 1.66. The highest BCUT2D eigenvalue weighted by atomic mass is 16.5. The molecule has 2 heterocycles. The Bertz CT molecular complexity index is 747.